The number of hydrogen-bond donors (Lipinski definition) is 0. The van der Waals surface area contributed by atoms with Gasteiger partial charge in [-0.05, 0) is 51.5 Å². The number of likely N-dealkylation sites (N-methyl/N-ethyl adjacent to an activating group) is 1. The second-order valence-corrected chi connectivity index (χ2v) is 9.93. The van der Waals surface area contributed by atoms with Crippen molar-refractivity contribution in [2.24, 2.45) is 0 Å². The molecule has 37 heavy (non-hydrogen) atoms. The van der Waals surface area contributed by atoms with Gasteiger partial charge >= 0.3 is 0 Å². The number of nitrogens with zero attached hydrogens (tertiary/aromatic N) is 2. The first kappa shape index (κ1) is 28.4. The number of amides is 2. The molecule has 0 aromatic heterocycles. The van der Waals surface area contributed by atoms with Crippen molar-refractivity contribution in [3.8, 4) is 17.2 Å². The summed E-state index contributed by atoms with van der Waals surface area (Å²) in [6.45, 7) is 5.65. The molecule has 3 rings (SSSR count). The smallest absolute Gasteiger partial charge is 0.242 e. The van der Waals surface area contributed by atoms with Gasteiger partial charge in [0.15, 0.2) is 0 Å². The highest BCUT2D eigenvalue weighted by atomic mass is 16.5. The molecule has 1 aliphatic heterocycles. The van der Waals surface area contributed by atoms with E-state index in [2.05, 4.69) is 38.1 Å². The Morgan fingerprint density at radius 3 is 2.30 bits per heavy atom. The maximum Gasteiger partial charge on any atom is 0.242 e. The van der Waals surface area contributed by atoms with E-state index in [4.69, 9.17) is 14.2 Å². The zero-order valence-corrected chi connectivity index (χ0v) is 23.0. The van der Waals surface area contributed by atoms with Gasteiger partial charge in [-0.1, -0.05) is 29.8 Å². The Bertz CT molecular complexity index is 1010. The lowest BCUT2D eigenvalue weighted by molar-refractivity contribution is -0.139. The molecule has 0 unspecified atom stereocenters. The number of rotatable bonds is 13. The van der Waals surface area contributed by atoms with E-state index in [1.807, 2.05) is 17.0 Å². The van der Waals surface area contributed by atoms with Crippen LogP contribution in [0.2, 0.25) is 0 Å². The van der Waals surface area contributed by atoms with Gasteiger partial charge in [-0.2, -0.15) is 0 Å². The Kier molecular flexibility index (Phi) is 10.7. The van der Waals surface area contributed by atoms with E-state index in [-0.39, 0.29) is 24.4 Å². The average molecular weight is 511 g/mol. The lowest BCUT2D eigenvalue weighted by atomic mass is 10.0. The maximum atomic E-state index is 12.6. The molecule has 2 aromatic rings. The Balaban J connectivity index is 1.48. The van der Waals surface area contributed by atoms with Gasteiger partial charge in [-0.25, -0.2) is 0 Å². The molecule has 1 fully saturated rings. The number of hydrogen-bond acceptors (Lipinski definition) is 5. The second-order valence-electron chi connectivity index (χ2n) is 9.93. The third kappa shape index (κ3) is 8.14. The largest absolute Gasteiger partial charge is 0.496 e. The Morgan fingerprint density at radius 2 is 1.70 bits per heavy atom. The molecular weight excluding hydrogens is 468 g/mol. The van der Waals surface area contributed by atoms with Crippen molar-refractivity contribution < 1.29 is 23.8 Å². The van der Waals surface area contributed by atoms with Crippen LogP contribution in [0.3, 0.4) is 0 Å². The van der Waals surface area contributed by atoms with Crippen LogP contribution in [-0.4, -0.2) is 68.6 Å². The molecule has 0 saturated carbocycles. The van der Waals surface area contributed by atoms with Crippen molar-refractivity contribution in [1.29, 1.82) is 0 Å². The number of ether oxygens (including phenoxy) is 3. The highest BCUT2D eigenvalue weighted by molar-refractivity contribution is 5.85. The summed E-state index contributed by atoms with van der Waals surface area (Å²) >= 11 is 0. The molecule has 0 bridgehead atoms. The van der Waals surface area contributed by atoms with Crippen molar-refractivity contribution in [3.63, 3.8) is 0 Å². The van der Waals surface area contributed by atoms with E-state index >= 15 is 0 Å². The van der Waals surface area contributed by atoms with Crippen LogP contribution in [0, 0.1) is 6.92 Å². The summed E-state index contributed by atoms with van der Waals surface area (Å²) in [4.78, 5) is 28.5. The molecule has 7 heteroatoms. The summed E-state index contributed by atoms with van der Waals surface area (Å²) in [5.74, 6) is 2.18. The third-order valence-electron chi connectivity index (χ3n) is 7.10. The SMILES string of the molecule is COc1cc(OCCc2ccc(C)cc2)cc(OC)c1CCCCC(=O)N(C)CC(=O)N1CCC[C@H]1C. The number of carbonyl (C=O) groups is 2. The van der Waals surface area contributed by atoms with Crippen molar-refractivity contribution in [2.75, 3.05) is 41.0 Å². The van der Waals surface area contributed by atoms with Crippen molar-refractivity contribution in [2.45, 2.75) is 64.8 Å². The molecule has 0 N–H and O–H groups in total. The third-order valence-corrected chi connectivity index (χ3v) is 7.10. The van der Waals surface area contributed by atoms with Crippen LogP contribution in [0.4, 0.5) is 0 Å². The molecule has 2 amide bonds. The zero-order valence-electron chi connectivity index (χ0n) is 23.0. The minimum absolute atomic E-state index is 0.00328. The number of unbranched alkanes of at least 4 members (excludes halogenated alkanes) is 1. The molecule has 7 nitrogen and oxygen atoms in total. The number of methoxy groups -OCH3 is 2. The van der Waals surface area contributed by atoms with Gasteiger partial charge in [0.25, 0.3) is 0 Å². The van der Waals surface area contributed by atoms with Gasteiger partial charge in [0.2, 0.25) is 11.8 Å². The van der Waals surface area contributed by atoms with E-state index in [1.165, 1.54) is 11.1 Å². The summed E-state index contributed by atoms with van der Waals surface area (Å²) in [6, 6.07) is 12.5. The normalized spacial score (nSPS) is 14.9. The molecule has 1 heterocycles. The van der Waals surface area contributed by atoms with E-state index in [0.717, 1.165) is 62.1 Å². The molecule has 2 aromatic carbocycles. The lowest BCUT2D eigenvalue weighted by Crippen LogP contribution is -2.42. The number of carbonyl (C=O) groups excluding carboxylic acids is 2. The molecule has 0 aliphatic carbocycles. The molecule has 1 aliphatic rings. The fraction of sp³-hybridized carbons (Fsp3) is 0.533. The summed E-state index contributed by atoms with van der Waals surface area (Å²) in [7, 11) is 5.00. The van der Waals surface area contributed by atoms with E-state index < -0.39 is 0 Å². The summed E-state index contributed by atoms with van der Waals surface area (Å²) in [6.07, 6.45) is 5.55. The van der Waals surface area contributed by atoms with Crippen LogP contribution in [0.25, 0.3) is 0 Å². The molecule has 0 spiro atoms. The molecular formula is C30H42N2O5. The zero-order chi connectivity index (χ0) is 26.8. The Labute approximate surface area is 221 Å². The first-order chi connectivity index (χ1) is 17.8. The number of aryl methyl sites for hydroxylation is 1. The van der Waals surface area contributed by atoms with Gasteiger partial charge < -0.3 is 24.0 Å². The highest BCUT2D eigenvalue weighted by Crippen LogP contribution is 2.35. The van der Waals surface area contributed by atoms with Gasteiger partial charge in [0, 0.05) is 50.2 Å². The van der Waals surface area contributed by atoms with Gasteiger partial charge in [0.1, 0.15) is 17.2 Å². The van der Waals surface area contributed by atoms with E-state index in [1.54, 1.807) is 26.2 Å². The topological polar surface area (TPSA) is 68.3 Å². The van der Waals surface area contributed by atoms with Crippen LogP contribution in [-0.2, 0) is 22.4 Å². The lowest BCUT2D eigenvalue weighted by Gasteiger charge is -2.25. The standard InChI is InChI=1S/C30H42N2O5/c1-22-12-14-24(15-13-22)16-18-37-25-19-27(35-4)26(28(20-25)36-5)10-6-7-11-29(33)31(3)21-30(34)32-17-8-9-23(32)2/h12-15,19-20,23H,6-11,16-18,21H2,1-5H3/t23-/m1/s1. The highest BCUT2D eigenvalue weighted by Gasteiger charge is 2.26. The predicted molar refractivity (Wildman–Crippen MR) is 146 cm³/mol. The summed E-state index contributed by atoms with van der Waals surface area (Å²) < 4.78 is 17.3. The fourth-order valence-electron chi connectivity index (χ4n) is 4.79. The van der Waals surface area contributed by atoms with E-state index in [9.17, 15) is 9.59 Å². The Hall–Kier alpha value is -3.22. The Morgan fingerprint density at radius 1 is 1.03 bits per heavy atom. The fourth-order valence-corrected chi connectivity index (χ4v) is 4.79. The summed E-state index contributed by atoms with van der Waals surface area (Å²) in [5.41, 5.74) is 3.44. The molecule has 1 atom stereocenters. The second kappa shape index (κ2) is 13.9. The maximum absolute atomic E-state index is 12.6. The number of likely N-dealkylation sites (tertiary alicyclic amines) is 1. The van der Waals surface area contributed by atoms with E-state index in [0.29, 0.717) is 18.8 Å². The minimum Gasteiger partial charge on any atom is -0.496 e. The van der Waals surface area contributed by atoms with Crippen molar-refractivity contribution >= 4 is 11.8 Å². The molecule has 1 saturated heterocycles. The van der Waals surface area contributed by atoms with Crippen molar-refractivity contribution in [3.05, 3.63) is 53.1 Å². The summed E-state index contributed by atoms with van der Waals surface area (Å²) in [5, 5.41) is 0. The van der Waals surface area contributed by atoms with Gasteiger partial charge in [0.05, 0.1) is 27.4 Å². The van der Waals surface area contributed by atoms with Crippen LogP contribution in [0.5, 0.6) is 17.2 Å². The van der Waals surface area contributed by atoms with Gasteiger partial charge in [-0.3, -0.25) is 9.59 Å². The molecule has 0 radical (unpaired) electrons. The first-order valence-electron chi connectivity index (χ1n) is 13.3. The van der Waals surface area contributed by atoms with Crippen molar-refractivity contribution in [1.82, 2.24) is 9.80 Å². The molecule has 202 valence electrons. The quantitative estimate of drug-likeness (QED) is 0.362. The monoisotopic (exact) mass is 510 g/mol. The average Bonchev–Trinajstić information content (AvgIpc) is 3.33. The predicted octanol–water partition coefficient (Wildman–Crippen LogP) is 4.82. The van der Waals surface area contributed by atoms with Crippen LogP contribution < -0.4 is 14.2 Å². The first-order valence-corrected chi connectivity index (χ1v) is 13.3. The van der Waals surface area contributed by atoms with Crippen LogP contribution >= 0.6 is 0 Å². The van der Waals surface area contributed by atoms with Gasteiger partial charge in [-0.15, -0.1) is 0 Å². The van der Waals surface area contributed by atoms with Crippen LogP contribution in [0.1, 0.15) is 55.7 Å². The van der Waals surface area contributed by atoms with Crippen LogP contribution in [0.15, 0.2) is 36.4 Å². The minimum atomic E-state index is -0.00328. The number of benzene rings is 2.